The molecule has 0 bridgehead atoms. The van der Waals surface area contributed by atoms with Gasteiger partial charge in [-0.2, -0.15) is 13.2 Å². The summed E-state index contributed by atoms with van der Waals surface area (Å²) in [5.74, 6) is -3.52. The second-order valence-electron chi connectivity index (χ2n) is 3.86. The van der Waals surface area contributed by atoms with Gasteiger partial charge in [-0.25, -0.2) is 13.8 Å². The summed E-state index contributed by atoms with van der Waals surface area (Å²) in [5.41, 5.74) is -2.48. The lowest BCUT2D eigenvalue weighted by atomic mass is 10.0. The quantitative estimate of drug-likeness (QED) is 0.624. The zero-order valence-electron chi connectivity index (χ0n) is 9.71. The Bertz CT molecular complexity index is 666. The summed E-state index contributed by atoms with van der Waals surface area (Å²) in [7, 11) is 0. The van der Waals surface area contributed by atoms with Gasteiger partial charge in [-0.3, -0.25) is 4.79 Å². The molecule has 0 spiro atoms. The molecule has 0 aliphatic heterocycles. The number of alkyl halides is 3. The van der Waals surface area contributed by atoms with Gasteiger partial charge in [-0.05, 0) is 24.3 Å². The smallest absolute Gasteiger partial charge is 0.287 e. The van der Waals surface area contributed by atoms with Gasteiger partial charge < -0.3 is 0 Å². The number of carbonyl (C=O) groups excluding carboxylic acids is 1. The van der Waals surface area contributed by atoms with Gasteiger partial charge in [0.05, 0.1) is 5.56 Å². The molecule has 0 aliphatic carbocycles. The summed E-state index contributed by atoms with van der Waals surface area (Å²) in [6.07, 6.45) is -3.71. The van der Waals surface area contributed by atoms with Crippen molar-refractivity contribution in [3.63, 3.8) is 0 Å². The lowest BCUT2D eigenvalue weighted by molar-refractivity contribution is -0.140. The number of benzene rings is 1. The maximum Gasteiger partial charge on any atom is 0.419 e. The highest BCUT2D eigenvalue weighted by atomic mass is 19.4. The van der Waals surface area contributed by atoms with Crippen molar-refractivity contribution >= 4 is 5.78 Å². The zero-order chi connectivity index (χ0) is 14.9. The highest BCUT2D eigenvalue weighted by Crippen LogP contribution is 2.31. The van der Waals surface area contributed by atoms with Crippen molar-refractivity contribution in [1.82, 2.24) is 4.98 Å². The molecule has 0 aliphatic rings. The molecule has 1 aromatic carbocycles. The number of hydrogen-bond donors (Lipinski definition) is 0. The largest absolute Gasteiger partial charge is 0.419 e. The molecule has 0 radical (unpaired) electrons. The molecule has 0 unspecified atom stereocenters. The molecule has 0 atom stereocenters. The molecule has 7 heteroatoms. The monoisotopic (exact) mass is 287 g/mol. The minimum Gasteiger partial charge on any atom is -0.287 e. The minimum absolute atomic E-state index is 0.409. The van der Waals surface area contributed by atoms with E-state index in [0.29, 0.717) is 12.1 Å². The number of nitrogens with zero attached hydrogens (tertiary/aromatic N) is 1. The number of aromatic nitrogens is 1. The molecule has 1 heterocycles. The van der Waals surface area contributed by atoms with Crippen molar-refractivity contribution in [1.29, 1.82) is 0 Å². The second kappa shape index (κ2) is 4.99. The normalized spacial score (nSPS) is 11.4. The van der Waals surface area contributed by atoms with Gasteiger partial charge in [0, 0.05) is 11.8 Å². The van der Waals surface area contributed by atoms with Crippen LogP contribution in [0.2, 0.25) is 0 Å². The van der Waals surface area contributed by atoms with E-state index in [-0.39, 0.29) is 0 Å². The molecule has 0 fully saturated rings. The highest BCUT2D eigenvalue weighted by Gasteiger charge is 2.34. The standard InChI is InChI=1S/C13H6F5NO/c14-9-2-1-5-19-11(9)12(20)7-3-4-8(10(15)6-7)13(16,17)18/h1-6H. The van der Waals surface area contributed by atoms with E-state index < -0.39 is 40.4 Å². The van der Waals surface area contributed by atoms with Crippen LogP contribution in [0.15, 0.2) is 36.5 Å². The van der Waals surface area contributed by atoms with Crippen molar-refractivity contribution in [2.75, 3.05) is 0 Å². The number of rotatable bonds is 2. The van der Waals surface area contributed by atoms with E-state index >= 15 is 0 Å². The molecule has 104 valence electrons. The number of hydrogen-bond acceptors (Lipinski definition) is 2. The number of pyridine rings is 1. The molecule has 0 amide bonds. The first-order valence-corrected chi connectivity index (χ1v) is 5.32. The molecule has 2 nitrogen and oxygen atoms in total. The summed E-state index contributed by atoms with van der Waals surface area (Å²) in [6.45, 7) is 0. The number of halogens is 5. The Labute approximate surface area is 109 Å². The topological polar surface area (TPSA) is 30.0 Å². The summed E-state index contributed by atoms with van der Waals surface area (Å²) in [6, 6.07) is 3.85. The molecular weight excluding hydrogens is 281 g/mol. The Balaban J connectivity index is 2.43. The van der Waals surface area contributed by atoms with Crippen LogP contribution in [0.1, 0.15) is 21.6 Å². The molecule has 0 saturated carbocycles. The lowest BCUT2D eigenvalue weighted by Crippen LogP contribution is -2.11. The Morgan fingerprint density at radius 1 is 1.05 bits per heavy atom. The van der Waals surface area contributed by atoms with E-state index in [1.807, 2.05) is 0 Å². The number of ketones is 1. The van der Waals surface area contributed by atoms with Gasteiger partial charge in [0.15, 0.2) is 5.82 Å². The van der Waals surface area contributed by atoms with Crippen LogP contribution in [-0.4, -0.2) is 10.8 Å². The van der Waals surface area contributed by atoms with E-state index in [1.54, 1.807) is 0 Å². The molecular formula is C13H6F5NO. The van der Waals surface area contributed by atoms with Gasteiger partial charge >= 0.3 is 6.18 Å². The summed E-state index contributed by atoms with van der Waals surface area (Å²) in [4.78, 5) is 15.3. The molecule has 0 N–H and O–H groups in total. The molecule has 20 heavy (non-hydrogen) atoms. The third kappa shape index (κ3) is 2.66. The van der Waals surface area contributed by atoms with Gasteiger partial charge in [-0.1, -0.05) is 6.07 Å². The summed E-state index contributed by atoms with van der Waals surface area (Å²) < 4.78 is 63.8. The van der Waals surface area contributed by atoms with Crippen molar-refractivity contribution < 1.29 is 26.7 Å². The fraction of sp³-hybridized carbons (Fsp3) is 0.0769. The first-order valence-electron chi connectivity index (χ1n) is 5.32. The van der Waals surface area contributed by atoms with E-state index in [0.717, 1.165) is 18.3 Å². The van der Waals surface area contributed by atoms with Gasteiger partial charge in [0.25, 0.3) is 0 Å². The first kappa shape index (κ1) is 14.1. The van der Waals surface area contributed by atoms with Crippen molar-refractivity contribution in [3.05, 3.63) is 65.0 Å². The van der Waals surface area contributed by atoms with Gasteiger partial charge in [0.2, 0.25) is 5.78 Å². The van der Waals surface area contributed by atoms with Crippen LogP contribution in [0.4, 0.5) is 22.0 Å². The molecule has 1 aromatic heterocycles. The fourth-order valence-electron chi connectivity index (χ4n) is 1.58. The van der Waals surface area contributed by atoms with Crippen molar-refractivity contribution in [2.45, 2.75) is 6.18 Å². The van der Waals surface area contributed by atoms with E-state index in [1.165, 1.54) is 6.07 Å². The Morgan fingerprint density at radius 2 is 1.75 bits per heavy atom. The van der Waals surface area contributed by atoms with Crippen LogP contribution in [0.5, 0.6) is 0 Å². The van der Waals surface area contributed by atoms with Crippen molar-refractivity contribution in [2.24, 2.45) is 0 Å². The highest BCUT2D eigenvalue weighted by molar-refractivity contribution is 6.07. The Kier molecular flexibility index (Phi) is 3.52. The fourth-order valence-corrected chi connectivity index (χ4v) is 1.58. The average Bonchev–Trinajstić information content (AvgIpc) is 2.37. The summed E-state index contributed by atoms with van der Waals surface area (Å²) in [5, 5.41) is 0. The van der Waals surface area contributed by atoms with Crippen LogP contribution in [-0.2, 0) is 6.18 Å². The van der Waals surface area contributed by atoms with Gasteiger partial charge in [-0.15, -0.1) is 0 Å². The van der Waals surface area contributed by atoms with Crippen LogP contribution < -0.4 is 0 Å². The zero-order valence-corrected chi connectivity index (χ0v) is 9.71. The van der Waals surface area contributed by atoms with E-state index in [2.05, 4.69) is 4.98 Å². The minimum atomic E-state index is -4.86. The van der Waals surface area contributed by atoms with Crippen LogP contribution in [0.25, 0.3) is 0 Å². The third-order valence-corrected chi connectivity index (χ3v) is 2.51. The Hall–Kier alpha value is -2.31. The van der Waals surface area contributed by atoms with E-state index in [9.17, 15) is 26.7 Å². The molecule has 0 saturated heterocycles. The Morgan fingerprint density at radius 3 is 2.30 bits per heavy atom. The number of carbonyl (C=O) groups is 1. The first-order chi connectivity index (χ1) is 9.30. The SMILES string of the molecule is O=C(c1ccc(C(F)(F)F)c(F)c1)c1ncccc1F. The van der Waals surface area contributed by atoms with Gasteiger partial charge in [0.1, 0.15) is 11.5 Å². The third-order valence-electron chi connectivity index (χ3n) is 2.51. The molecule has 2 aromatic rings. The van der Waals surface area contributed by atoms with Crippen LogP contribution in [0.3, 0.4) is 0 Å². The predicted octanol–water partition coefficient (Wildman–Crippen LogP) is 3.61. The van der Waals surface area contributed by atoms with Crippen LogP contribution in [0, 0.1) is 11.6 Å². The van der Waals surface area contributed by atoms with E-state index in [4.69, 9.17) is 0 Å². The lowest BCUT2D eigenvalue weighted by Gasteiger charge is -2.09. The maximum absolute atomic E-state index is 13.3. The summed E-state index contributed by atoms with van der Waals surface area (Å²) >= 11 is 0. The molecule has 2 rings (SSSR count). The van der Waals surface area contributed by atoms with Crippen molar-refractivity contribution in [3.8, 4) is 0 Å². The second-order valence-corrected chi connectivity index (χ2v) is 3.86. The predicted molar refractivity (Wildman–Crippen MR) is 59.0 cm³/mol. The van der Waals surface area contributed by atoms with Crippen LogP contribution >= 0.6 is 0 Å². The average molecular weight is 287 g/mol. The maximum atomic E-state index is 13.3.